The van der Waals surface area contributed by atoms with Gasteiger partial charge in [-0.15, -0.1) is 0 Å². The van der Waals surface area contributed by atoms with Crippen LogP contribution in [0, 0.1) is 0 Å². The van der Waals surface area contributed by atoms with E-state index in [0.29, 0.717) is 0 Å². The van der Waals surface area contributed by atoms with Crippen LogP contribution in [0.25, 0.3) is 10.9 Å². The van der Waals surface area contributed by atoms with Gasteiger partial charge < -0.3 is 9.84 Å². The lowest BCUT2D eigenvalue weighted by Gasteiger charge is -2.06. The van der Waals surface area contributed by atoms with Crippen molar-refractivity contribution < 1.29 is 14.6 Å². The fraction of sp³-hybridized carbons (Fsp3) is 0.0909. The third-order valence-corrected chi connectivity index (χ3v) is 2.27. The minimum absolute atomic E-state index is 0.167. The maximum atomic E-state index is 10.4. The first kappa shape index (κ1) is 10.7. The zero-order chi connectivity index (χ0) is 11.5. The number of aromatic nitrogens is 1. The van der Waals surface area contributed by atoms with Crippen LogP contribution < -0.4 is 4.74 Å². The fourth-order valence-electron chi connectivity index (χ4n) is 1.31. The van der Waals surface area contributed by atoms with Gasteiger partial charge >= 0.3 is 5.97 Å². The number of ether oxygens (including phenoxy) is 1. The Bertz CT molecular complexity index is 542. The SMILES string of the molecule is O=C(O)COc1cc2ccccc2nc1Cl. The van der Waals surface area contributed by atoms with Gasteiger partial charge in [-0.1, -0.05) is 29.8 Å². The van der Waals surface area contributed by atoms with E-state index in [1.54, 1.807) is 6.07 Å². The normalized spacial score (nSPS) is 10.3. The van der Waals surface area contributed by atoms with E-state index < -0.39 is 12.6 Å². The summed E-state index contributed by atoms with van der Waals surface area (Å²) in [6, 6.07) is 9.06. The summed E-state index contributed by atoms with van der Waals surface area (Å²) in [5, 5.41) is 9.51. The van der Waals surface area contributed by atoms with Crippen LogP contribution in [0.4, 0.5) is 0 Å². The van der Waals surface area contributed by atoms with Gasteiger partial charge in [0.25, 0.3) is 0 Å². The Labute approximate surface area is 96.4 Å². The zero-order valence-electron chi connectivity index (χ0n) is 8.18. The number of pyridine rings is 1. The Kier molecular flexibility index (Phi) is 2.92. The number of rotatable bonds is 3. The van der Waals surface area contributed by atoms with Crippen molar-refractivity contribution in [2.75, 3.05) is 6.61 Å². The van der Waals surface area contributed by atoms with Gasteiger partial charge in [-0.05, 0) is 12.1 Å². The lowest BCUT2D eigenvalue weighted by Crippen LogP contribution is -2.09. The van der Waals surface area contributed by atoms with Crippen LogP contribution in [0.2, 0.25) is 5.15 Å². The van der Waals surface area contributed by atoms with Crippen molar-refractivity contribution in [3.63, 3.8) is 0 Å². The molecule has 0 aliphatic rings. The van der Waals surface area contributed by atoms with E-state index in [1.807, 2.05) is 24.3 Å². The molecule has 0 aliphatic carbocycles. The van der Waals surface area contributed by atoms with Crippen LogP contribution in [0.5, 0.6) is 5.75 Å². The molecule has 5 heteroatoms. The number of carboxylic acids is 1. The van der Waals surface area contributed by atoms with Crippen molar-refractivity contribution in [1.29, 1.82) is 0 Å². The molecule has 0 radical (unpaired) electrons. The number of halogens is 1. The highest BCUT2D eigenvalue weighted by Crippen LogP contribution is 2.26. The number of fused-ring (bicyclic) bond motifs is 1. The van der Waals surface area contributed by atoms with Crippen LogP contribution in [-0.4, -0.2) is 22.7 Å². The van der Waals surface area contributed by atoms with Gasteiger partial charge in [-0.2, -0.15) is 0 Å². The maximum Gasteiger partial charge on any atom is 0.341 e. The number of aliphatic carboxylic acids is 1. The van der Waals surface area contributed by atoms with Crippen molar-refractivity contribution >= 4 is 28.5 Å². The van der Waals surface area contributed by atoms with E-state index in [9.17, 15) is 4.79 Å². The summed E-state index contributed by atoms with van der Waals surface area (Å²) in [7, 11) is 0. The second-order valence-corrected chi connectivity index (χ2v) is 3.51. The third-order valence-electron chi connectivity index (χ3n) is 2.00. The molecule has 1 N–H and O–H groups in total. The Morgan fingerprint density at radius 1 is 1.44 bits per heavy atom. The minimum atomic E-state index is -1.05. The van der Waals surface area contributed by atoms with Gasteiger partial charge in [0.2, 0.25) is 0 Å². The van der Waals surface area contributed by atoms with Gasteiger partial charge in [0, 0.05) is 5.39 Å². The summed E-state index contributed by atoms with van der Waals surface area (Å²) < 4.78 is 5.01. The molecule has 0 saturated heterocycles. The molecule has 0 saturated carbocycles. The van der Waals surface area contributed by atoms with Gasteiger partial charge in [0.1, 0.15) is 0 Å². The van der Waals surface area contributed by atoms with Crippen LogP contribution in [0.1, 0.15) is 0 Å². The molecule has 0 spiro atoms. The van der Waals surface area contributed by atoms with Gasteiger partial charge in [-0.3, -0.25) is 0 Å². The molecule has 4 nitrogen and oxygen atoms in total. The summed E-state index contributed by atoms with van der Waals surface area (Å²) in [6.45, 7) is -0.431. The van der Waals surface area contributed by atoms with Gasteiger partial charge in [0.15, 0.2) is 17.5 Å². The van der Waals surface area contributed by atoms with Crippen molar-refractivity contribution in [2.24, 2.45) is 0 Å². The number of para-hydroxylation sites is 1. The molecular weight excluding hydrogens is 230 g/mol. The second-order valence-electron chi connectivity index (χ2n) is 3.15. The van der Waals surface area contributed by atoms with E-state index in [-0.39, 0.29) is 10.9 Å². The molecule has 16 heavy (non-hydrogen) atoms. The predicted octanol–water partition coefficient (Wildman–Crippen LogP) is 2.35. The molecule has 0 amide bonds. The van der Waals surface area contributed by atoms with Crippen molar-refractivity contribution in [3.8, 4) is 5.75 Å². The molecule has 2 aromatic rings. The summed E-state index contributed by atoms with van der Waals surface area (Å²) in [4.78, 5) is 14.5. The Hall–Kier alpha value is -1.81. The Morgan fingerprint density at radius 3 is 2.94 bits per heavy atom. The van der Waals surface area contributed by atoms with Crippen LogP contribution in [0.3, 0.4) is 0 Å². The van der Waals surface area contributed by atoms with Crippen LogP contribution >= 0.6 is 11.6 Å². The highest BCUT2D eigenvalue weighted by molar-refractivity contribution is 6.31. The number of hydrogen-bond acceptors (Lipinski definition) is 3. The quantitative estimate of drug-likeness (QED) is 0.833. The smallest absolute Gasteiger partial charge is 0.341 e. The number of carboxylic acid groups (broad SMARTS) is 1. The average Bonchev–Trinajstić information content (AvgIpc) is 2.26. The number of benzene rings is 1. The van der Waals surface area contributed by atoms with Crippen molar-refractivity contribution in [3.05, 3.63) is 35.5 Å². The molecule has 0 fully saturated rings. The number of nitrogens with zero attached hydrogens (tertiary/aromatic N) is 1. The van der Waals surface area contributed by atoms with Crippen molar-refractivity contribution in [1.82, 2.24) is 4.98 Å². The molecule has 1 heterocycles. The monoisotopic (exact) mass is 237 g/mol. The molecule has 0 atom stereocenters. The Morgan fingerprint density at radius 2 is 2.19 bits per heavy atom. The maximum absolute atomic E-state index is 10.4. The van der Waals surface area contributed by atoms with Crippen molar-refractivity contribution in [2.45, 2.75) is 0 Å². The molecular formula is C11H8ClNO3. The van der Waals surface area contributed by atoms with E-state index in [2.05, 4.69) is 4.98 Å². The van der Waals surface area contributed by atoms with E-state index >= 15 is 0 Å². The molecule has 0 bridgehead atoms. The molecule has 0 unspecified atom stereocenters. The molecule has 1 aromatic carbocycles. The van der Waals surface area contributed by atoms with Gasteiger partial charge in [0.05, 0.1) is 5.52 Å². The number of carbonyl (C=O) groups is 1. The lowest BCUT2D eigenvalue weighted by atomic mass is 10.2. The fourth-order valence-corrected chi connectivity index (χ4v) is 1.51. The standard InChI is InChI=1S/C11H8ClNO3/c12-11-9(16-6-10(14)15)5-7-3-1-2-4-8(7)13-11/h1-5H,6H2,(H,14,15). The second kappa shape index (κ2) is 4.37. The zero-order valence-corrected chi connectivity index (χ0v) is 8.94. The van der Waals surface area contributed by atoms with E-state index in [1.165, 1.54) is 0 Å². The topological polar surface area (TPSA) is 59.4 Å². The first-order valence-electron chi connectivity index (χ1n) is 4.56. The largest absolute Gasteiger partial charge is 0.479 e. The molecule has 1 aromatic heterocycles. The summed E-state index contributed by atoms with van der Waals surface area (Å²) in [5.41, 5.74) is 0.746. The van der Waals surface area contributed by atoms with Crippen LogP contribution in [0.15, 0.2) is 30.3 Å². The summed E-state index contributed by atoms with van der Waals surface area (Å²) >= 11 is 5.86. The molecule has 0 aliphatic heterocycles. The third kappa shape index (κ3) is 2.23. The predicted molar refractivity (Wildman–Crippen MR) is 59.9 cm³/mol. The van der Waals surface area contributed by atoms with Gasteiger partial charge in [-0.25, -0.2) is 9.78 Å². The lowest BCUT2D eigenvalue weighted by molar-refractivity contribution is -0.139. The van der Waals surface area contributed by atoms with Crippen LogP contribution in [-0.2, 0) is 4.79 Å². The Balaban J connectivity index is 2.38. The average molecular weight is 238 g/mol. The first-order valence-corrected chi connectivity index (χ1v) is 4.94. The highest BCUT2D eigenvalue weighted by Gasteiger charge is 2.07. The van der Waals surface area contributed by atoms with E-state index in [0.717, 1.165) is 10.9 Å². The molecule has 2 rings (SSSR count). The van der Waals surface area contributed by atoms with E-state index in [4.69, 9.17) is 21.4 Å². The minimum Gasteiger partial charge on any atom is -0.479 e. The summed E-state index contributed by atoms with van der Waals surface area (Å²) in [6.07, 6.45) is 0. The number of hydrogen-bond donors (Lipinski definition) is 1. The molecule has 82 valence electrons. The highest BCUT2D eigenvalue weighted by atomic mass is 35.5. The first-order chi connectivity index (χ1) is 7.66. The summed E-state index contributed by atoms with van der Waals surface area (Å²) in [5.74, 6) is -0.771.